The Morgan fingerprint density at radius 1 is 0.238 bits per heavy atom. The van der Waals surface area contributed by atoms with Crippen LogP contribution >= 0.6 is 0 Å². The van der Waals surface area contributed by atoms with Crippen molar-refractivity contribution in [3.8, 4) is 44.5 Å². The maximum Gasteiger partial charge on any atom is 0.0540 e. The van der Waals surface area contributed by atoms with Crippen molar-refractivity contribution in [2.45, 2.75) is 0 Å². The van der Waals surface area contributed by atoms with Crippen LogP contribution in [0.1, 0.15) is 0 Å². The van der Waals surface area contributed by atoms with Gasteiger partial charge in [0, 0.05) is 16.8 Å². The fourth-order valence-corrected chi connectivity index (χ4v) is 9.88. The second-order valence-corrected chi connectivity index (χ2v) is 16.4. The number of rotatable bonds is 7. The van der Waals surface area contributed by atoms with Crippen molar-refractivity contribution in [3.05, 3.63) is 249 Å². The second kappa shape index (κ2) is 15.3. The molecule has 0 atom stereocenters. The topological polar surface area (TPSA) is 3.24 Å². The van der Waals surface area contributed by atoms with E-state index in [1.165, 1.54) is 98.4 Å². The predicted molar refractivity (Wildman–Crippen MR) is 270 cm³/mol. The molecule has 0 radical (unpaired) electrons. The van der Waals surface area contributed by atoms with Gasteiger partial charge in [0.05, 0.1) is 5.69 Å². The molecule has 0 aliphatic rings. The van der Waals surface area contributed by atoms with E-state index in [1.54, 1.807) is 0 Å². The summed E-state index contributed by atoms with van der Waals surface area (Å²) >= 11 is 0. The van der Waals surface area contributed by atoms with Gasteiger partial charge in [0.1, 0.15) is 0 Å². The summed E-state index contributed by atoms with van der Waals surface area (Å²) in [6.07, 6.45) is 0. The minimum absolute atomic E-state index is 1.10. The van der Waals surface area contributed by atoms with E-state index in [1.807, 2.05) is 0 Å². The number of nitrogens with zero attached hydrogens (tertiary/aromatic N) is 1. The lowest BCUT2D eigenvalue weighted by Crippen LogP contribution is -2.10. The van der Waals surface area contributed by atoms with Gasteiger partial charge >= 0.3 is 0 Å². The van der Waals surface area contributed by atoms with E-state index in [4.69, 9.17) is 0 Å². The van der Waals surface area contributed by atoms with Crippen molar-refractivity contribution in [1.29, 1.82) is 0 Å². The number of hydrogen-bond donors (Lipinski definition) is 0. The lowest BCUT2D eigenvalue weighted by Gasteiger charge is -2.27. The third-order valence-corrected chi connectivity index (χ3v) is 12.8. The summed E-state index contributed by atoms with van der Waals surface area (Å²) in [6.45, 7) is 0. The lowest BCUT2D eigenvalue weighted by atomic mass is 9.81. The lowest BCUT2D eigenvalue weighted by molar-refractivity contribution is 1.30. The van der Waals surface area contributed by atoms with Gasteiger partial charge in [-0.3, -0.25) is 0 Å². The molecule has 1 nitrogen and oxygen atoms in total. The Morgan fingerprint density at radius 2 is 0.762 bits per heavy atom. The monoisotopic (exact) mass is 799 g/mol. The molecule has 12 aromatic carbocycles. The van der Waals surface area contributed by atoms with Crippen molar-refractivity contribution in [3.63, 3.8) is 0 Å². The number of anilines is 3. The maximum atomic E-state index is 2.45. The fourth-order valence-electron chi connectivity index (χ4n) is 9.88. The van der Waals surface area contributed by atoms with E-state index in [0.29, 0.717) is 0 Å². The van der Waals surface area contributed by atoms with Gasteiger partial charge in [-0.05, 0) is 142 Å². The van der Waals surface area contributed by atoms with Crippen molar-refractivity contribution in [2.75, 3.05) is 4.90 Å². The van der Waals surface area contributed by atoms with Gasteiger partial charge in [-0.2, -0.15) is 0 Å². The molecule has 0 bridgehead atoms. The molecule has 0 fully saturated rings. The van der Waals surface area contributed by atoms with Crippen molar-refractivity contribution in [1.82, 2.24) is 0 Å². The molecule has 0 unspecified atom stereocenters. The van der Waals surface area contributed by atoms with E-state index in [2.05, 4.69) is 254 Å². The summed E-state index contributed by atoms with van der Waals surface area (Å²) in [6, 6.07) is 91.2. The molecule has 12 rings (SSSR count). The van der Waals surface area contributed by atoms with Gasteiger partial charge in [0.25, 0.3) is 0 Å². The zero-order chi connectivity index (χ0) is 41.7. The van der Waals surface area contributed by atoms with Crippen LogP contribution in [-0.4, -0.2) is 0 Å². The normalized spacial score (nSPS) is 11.5. The molecule has 0 N–H and O–H groups in total. The van der Waals surface area contributed by atoms with Crippen LogP contribution < -0.4 is 4.90 Å². The van der Waals surface area contributed by atoms with Crippen molar-refractivity contribution >= 4 is 70.9 Å². The zero-order valence-corrected chi connectivity index (χ0v) is 34.6. The number of benzene rings is 12. The Balaban J connectivity index is 1.16. The van der Waals surface area contributed by atoms with Gasteiger partial charge in [-0.15, -0.1) is 0 Å². The molecular formula is C62H41N. The highest BCUT2D eigenvalue weighted by Crippen LogP contribution is 2.50. The highest BCUT2D eigenvalue weighted by Gasteiger charge is 2.23. The summed E-state index contributed by atoms with van der Waals surface area (Å²) in [5.41, 5.74) is 13.0. The molecule has 0 aromatic heterocycles. The standard InChI is InChI=1S/C62H41N/c1-4-18-44(19-5-1)56-41-57(45-20-6-2-7-21-45)61-54-29-15-14-28-53(54)58-40-49(48-32-31-42-17-10-11-23-47(42)39-48)35-38-55(58)62(61)60(56)46-33-36-51(37-34-46)63(50-25-8-3-9-26-50)59-30-16-24-43-22-12-13-27-52(43)59/h1-41H. The minimum atomic E-state index is 1.10. The molecule has 0 aliphatic carbocycles. The van der Waals surface area contributed by atoms with Crippen LogP contribution in [0.4, 0.5) is 17.1 Å². The van der Waals surface area contributed by atoms with Crippen LogP contribution in [0.3, 0.4) is 0 Å². The van der Waals surface area contributed by atoms with E-state index >= 15 is 0 Å². The zero-order valence-electron chi connectivity index (χ0n) is 34.6. The van der Waals surface area contributed by atoms with Crippen LogP contribution in [0.2, 0.25) is 0 Å². The number of para-hydroxylation sites is 1. The van der Waals surface area contributed by atoms with Crippen LogP contribution in [0.15, 0.2) is 249 Å². The second-order valence-electron chi connectivity index (χ2n) is 16.4. The quantitative estimate of drug-likeness (QED) is 0.145. The molecule has 0 saturated carbocycles. The van der Waals surface area contributed by atoms with Gasteiger partial charge < -0.3 is 4.90 Å². The van der Waals surface area contributed by atoms with Crippen LogP contribution in [-0.2, 0) is 0 Å². The number of hydrogen-bond acceptors (Lipinski definition) is 1. The molecular weight excluding hydrogens is 759 g/mol. The van der Waals surface area contributed by atoms with Crippen molar-refractivity contribution in [2.24, 2.45) is 0 Å². The Bertz CT molecular complexity index is 3640. The van der Waals surface area contributed by atoms with Gasteiger partial charge in [-0.1, -0.05) is 200 Å². The molecule has 0 heterocycles. The first-order valence-corrected chi connectivity index (χ1v) is 21.8. The summed E-state index contributed by atoms with van der Waals surface area (Å²) < 4.78 is 0. The fraction of sp³-hybridized carbons (Fsp3) is 0. The SMILES string of the molecule is c1ccc(-c2cc(-c3ccccc3)c3c4ccccc4c4cc(-c5ccc6ccccc6c5)ccc4c3c2-c2ccc(N(c3ccccc3)c3cccc4ccccc34)cc2)cc1. The predicted octanol–water partition coefficient (Wildman–Crippen LogP) is 17.6. The Morgan fingerprint density at radius 3 is 1.51 bits per heavy atom. The summed E-state index contributed by atoms with van der Waals surface area (Å²) in [5, 5.41) is 12.4. The highest BCUT2D eigenvalue weighted by molar-refractivity contribution is 6.33. The summed E-state index contributed by atoms with van der Waals surface area (Å²) in [7, 11) is 0. The van der Waals surface area contributed by atoms with E-state index in [-0.39, 0.29) is 0 Å². The molecule has 0 amide bonds. The molecule has 294 valence electrons. The molecule has 0 saturated heterocycles. The molecule has 0 aliphatic heterocycles. The summed E-state index contributed by atoms with van der Waals surface area (Å²) in [4.78, 5) is 2.39. The average Bonchev–Trinajstić information content (AvgIpc) is 3.37. The third kappa shape index (κ3) is 6.33. The van der Waals surface area contributed by atoms with Gasteiger partial charge in [0.15, 0.2) is 0 Å². The first-order valence-electron chi connectivity index (χ1n) is 21.8. The summed E-state index contributed by atoms with van der Waals surface area (Å²) in [5.74, 6) is 0. The van der Waals surface area contributed by atoms with Crippen LogP contribution in [0.5, 0.6) is 0 Å². The molecule has 1 heteroatoms. The van der Waals surface area contributed by atoms with E-state index in [9.17, 15) is 0 Å². The molecule has 63 heavy (non-hydrogen) atoms. The third-order valence-electron chi connectivity index (χ3n) is 12.8. The van der Waals surface area contributed by atoms with Gasteiger partial charge in [0.2, 0.25) is 0 Å². The van der Waals surface area contributed by atoms with Crippen molar-refractivity contribution < 1.29 is 0 Å². The van der Waals surface area contributed by atoms with Crippen LogP contribution in [0, 0.1) is 0 Å². The maximum absolute atomic E-state index is 2.45. The Labute approximate surface area is 367 Å². The van der Waals surface area contributed by atoms with Gasteiger partial charge in [-0.25, -0.2) is 0 Å². The molecule has 12 aromatic rings. The first-order chi connectivity index (χ1) is 31.3. The van der Waals surface area contributed by atoms with E-state index in [0.717, 1.165) is 17.1 Å². The average molecular weight is 800 g/mol. The highest BCUT2D eigenvalue weighted by atomic mass is 15.1. The largest absolute Gasteiger partial charge is 0.310 e. The minimum Gasteiger partial charge on any atom is -0.310 e. The first kappa shape index (κ1) is 36.6. The Kier molecular flexibility index (Phi) is 8.90. The molecule has 0 spiro atoms. The van der Waals surface area contributed by atoms with E-state index < -0.39 is 0 Å². The number of fused-ring (bicyclic) bond motifs is 8. The Hall–Kier alpha value is -8.26. The smallest absolute Gasteiger partial charge is 0.0540 e. The van der Waals surface area contributed by atoms with Crippen LogP contribution in [0.25, 0.3) is 98.4 Å².